The fourth-order valence-corrected chi connectivity index (χ4v) is 0.553. The smallest absolute Gasteiger partial charge is 0.316 e. The van der Waals surface area contributed by atoms with Gasteiger partial charge in [-0.05, 0) is 12.5 Å². The highest BCUT2D eigenvalue weighted by atomic mass is 35.5. The molecule has 0 unspecified atom stereocenters. The summed E-state index contributed by atoms with van der Waals surface area (Å²) in [5.41, 5.74) is 0. The van der Waals surface area contributed by atoms with Crippen molar-refractivity contribution in [3.63, 3.8) is 0 Å². The van der Waals surface area contributed by atoms with E-state index in [1.54, 1.807) is 18.5 Å². The Kier molecular flexibility index (Phi) is 5.47. The van der Waals surface area contributed by atoms with Crippen LogP contribution in [-0.4, -0.2) is 16.6 Å². The van der Waals surface area contributed by atoms with E-state index in [0.29, 0.717) is 12.6 Å². The molecule has 1 rings (SSSR count). The maximum Gasteiger partial charge on any atom is 0.316 e. The van der Waals surface area contributed by atoms with Crippen LogP contribution in [0.3, 0.4) is 0 Å². The van der Waals surface area contributed by atoms with Crippen molar-refractivity contribution in [3.8, 4) is 6.01 Å². The Balaban J connectivity index is 0.000001000. The van der Waals surface area contributed by atoms with Gasteiger partial charge in [0.25, 0.3) is 0 Å². The molecular formula is C7H11ClN2O. The number of halogens is 1. The summed E-state index contributed by atoms with van der Waals surface area (Å²) >= 11 is 0. The van der Waals surface area contributed by atoms with Gasteiger partial charge in [-0.25, -0.2) is 9.97 Å². The highest BCUT2D eigenvalue weighted by Gasteiger charge is 1.90. The molecule has 1 heterocycles. The minimum Gasteiger partial charge on any atom is -0.463 e. The Hall–Kier alpha value is -0.830. The molecule has 0 saturated heterocycles. The van der Waals surface area contributed by atoms with Crippen molar-refractivity contribution in [1.82, 2.24) is 9.97 Å². The topological polar surface area (TPSA) is 35.0 Å². The zero-order valence-electron chi connectivity index (χ0n) is 6.36. The van der Waals surface area contributed by atoms with E-state index in [1.165, 1.54) is 0 Å². The summed E-state index contributed by atoms with van der Waals surface area (Å²) in [5.74, 6) is 0. The summed E-state index contributed by atoms with van der Waals surface area (Å²) in [6.45, 7) is 2.73. The van der Waals surface area contributed by atoms with Gasteiger partial charge in [-0.2, -0.15) is 0 Å². The van der Waals surface area contributed by atoms with Gasteiger partial charge < -0.3 is 4.74 Å². The fourth-order valence-electron chi connectivity index (χ4n) is 0.553. The van der Waals surface area contributed by atoms with E-state index < -0.39 is 0 Å². The first-order valence-corrected chi connectivity index (χ1v) is 3.33. The molecule has 62 valence electrons. The number of aromatic nitrogens is 2. The van der Waals surface area contributed by atoms with Crippen LogP contribution < -0.4 is 4.74 Å². The predicted molar refractivity (Wildman–Crippen MR) is 45.1 cm³/mol. The fraction of sp³-hybridized carbons (Fsp3) is 0.429. The van der Waals surface area contributed by atoms with E-state index in [1.807, 2.05) is 6.92 Å². The SMILES string of the molecule is CCCOc1ncccn1.Cl. The number of nitrogens with zero attached hydrogens (tertiary/aromatic N) is 2. The third-order valence-corrected chi connectivity index (χ3v) is 0.977. The average molecular weight is 175 g/mol. The van der Waals surface area contributed by atoms with Crippen LogP contribution in [0, 0.1) is 0 Å². The molecule has 11 heavy (non-hydrogen) atoms. The molecule has 0 aliphatic carbocycles. The van der Waals surface area contributed by atoms with E-state index in [2.05, 4.69) is 9.97 Å². The van der Waals surface area contributed by atoms with Gasteiger partial charge in [0, 0.05) is 12.4 Å². The number of hydrogen-bond donors (Lipinski definition) is 0. The lowest BCUT2D eigenvalue weighted by Crippen LogP contribution is -1.98. The molecular weight excluding hydrogens is 164 g/mol. The summed E-state index contributed by atoms with van der Waals surface area (Å²) in [6, 6.07) is 2.23. The highest BCUT2D eigenvalue weighted by molar-refractivity contribution is 5.85. The molecule has 3 nitrogen and oxygen atoms in total. The number of ether oxygens (including phenoxy) is 1. The van der Waals surface area contributed by atoms with Crippen LogP contribution in [0.5, 0.6) is 6.01 Å². The van der Waals surface area contributed by atoms with Gasteiger partial charge in [0.05, 0.1) is 6.61 Å². The molecule has 0 aromatic carbocycles. The Bertz CT molecular complexity index is 181. The Morgan fingerprint density at radius 1 is 1.36 bits per heavy atom. The van der Waals surface area contributed by atoms with Gasteiger partial charge >= 0.3 is 6.01 Å². The maximum absolute atomic E-state index is 5.13. The monoisotopic (exact) mass is 174 g/mol. The average Bonchev–Trinajstić information content (AvgIpc) is 2.03. The summed E-state index contributed by atoms with van der Waals surface area (Å²) in [6.07, 6.45) is 4.31. The van der Waals surface area contributed by atoms with E-state index in [4.69, 9.17) is 4.74 Å². The standard InChI is InChI=1S/C7H10N2O.ClH/c1-2-6-10-7-8-4-3-5-9-7;/h3-5H,2,6H2,1H3;1H. The van der Waals surface area contributed by atoms with Gasteiger partial charge in [0.15, 0.2) is 0 Å². The lowest BCUT2D eigenvalue weighted by atomic mass is 10.5. The molecule has 0 atom stereocenters. The van der Waals surface area contributed by atoms with Crippen molar-refractivity contribution in [2.45, 2.75) is 13.3 Å². The van der Waals surface area contributed by atoms with Crippen molar-refractivity contribution in [3.05, 3.63) is 18.5 Å². The quantitative estimate of drug-likeness (QED) is 0.700. The molecule has 0 bridgehead atoms. The molecule has 1 aromatic heterocycles. The van der Waals surface area contributed by atoms with Crippen LogP contribution in [0.2, 0.25) is 0 Å². The summed E-state index contributed by atoms with van der Waals surface area (Å²) in [7, 11) is 0. The first kappa shape index (κ1) is 10.2. The molecule has 0 amide bonds. The number of hydrogen-bond acceptors (Lipinski definition) is 3. The van der Waals surface area contributed by atoms with Crippen LogP contribution in [0.4, 0.5) is 0 Å². The van der Waals surface area contributed by atoms with E-state index in [-0.39, 0.29) is 12.4 Å². The van der Waals surface area contributed by atoms with Crippen LogP contribution in [0.25, 0.3) is 0 Å². The molecule has 0 N–H and O–H groups in total. The van der Waals surface area contributed by atoms with Crippen LogP contribution in [0.1, 0.15) is 13.3 Å². The van der Waals surface area contributed by atoms with Gasteiger partial charge in [-0.15, -0.1) is 12.4 Å². The molecule has 0 aliphatic heterocycles. The van der Waals surface area contributed by atoms with Gasteiger partial charge in [-0.3, -0.25) is 0 Å². The lowest BCUT2D eigenvalue weighted by molar-refractivity contribution is 0.292. The van der Waals surface area contributed by atoms with E-state index >= 15 is 0 Å². The summed E-state index contributed by atoms with van der Waals surface area (Å²) in [4.78, 5) is 7.77. The third-order valence-electron chi connectivity index (χ3n) is 0.977. The molecule has 1 aromatic rings. The maximum atomic E-state index is 5.13. The largest absolute Gasteiger partial charge is 0.463 e. The van der Waals surface area contributed by atoms with Crippen molar-refractivity contribution in [1.29, 1.82) is 0 Å². The minimum absolute atomic E-state index is 0. The van der Waals surface area contributed by atoms with E-state index in [9.17, 15) is 0 Å². The van der Waals surface area contributed by atoms with Gasteiger partial charge in [0.2, 0.25) is 0 Å². The van der Waals surface area contributed by atoms with Crippen molar-refractivity contribution in [2.75, 3.05) is 6.61 Å². The molecule has 0 spiro atoms. The normalized spacial score (nSPS) is 8.45. The third kappa shape index (κ3) is 3.78. The molecule has 0 fully saturated rings. The Morgan fingerprint density at radius 3 is 2.55 bits per heavy atom. The highest BCUT2D eigenvalue weighted by Crippen LogP contribution is 1.96. The Labute approximate surface area is 72.2 Å². The zero-order chi connectivity index (χ0) is 7.23. The number of rotatable bonds is 3. The first-order valence-electron chi connectivity index (χ1n) is 3.33. The van der Waals surface area contributed by atoms with Crippen LogP contribution >= 0.6 is 12.4 Å². The second kappa shape index (κ2) is 5.92. The minimum atomic E-state index is 0. The zero-order valence-corrected chi connectivity index (χ0v) is 7.17. The lowest BCUT2D eigenvalue weighted by Gasteiger charge is -1.98. The van der Waals surface area contributed by atoms with Crippen molar-refractivity contribution >= 4 is 12.4 Å². The van der Waals surface area contributed by atoms with Crippen LogP contribution in [0.15, 0.2) is 18.5 Å². The molecule has 4 heteroatoms. The van der Waals surface area contributed by atoms with Gasteiger partial charge in [0.1, 0.15) is 0 Å². The second-order valence-electron chi connectivity index (χ2n) is 1.88. The van der Waals surface area contributed by atoms with Crippen LogP contribution in [-0.2, 0) is 0 Å². The summed E-state index contributed by atoms with van der Waals surface area (Å²) in [5, 5.41) is 0. The van der Waals surface area contributed by atoms with Crippen molar-refractivity contribution < 1.29 is 4.74 Å². The molecule has 0 aliphatic rings. The summed E-state index contributed by atoms with van der Waals surface area (Å²) < 4.78 is 5.13. The second-order valence-corrected chi connectivity index (χ2v) is 1.88. The predicted octanol–water partition coefficient (Wildman–Crippen LogP) is 1.69. The van der Waals surface area contributed by atoms with E-state index in [0.717, 1.165) is 6.42 Å². The molecule has 0 saturated carbocycles. The molecule has 0 radical (unpaired) electrons. The van der Waals surface area contributed by atoms with Crippen molar-refractivity contribution in [2.24, 2.45) is 0 Å². The Morgan fingerprint density at radius 2 is 2.00 bits per heavy atom. The first-order chi connectivity index (χ1) is 4.93. The van der Waals surface area contributed by atoms with Gasteiger partial charge in [-0.1, -0.05) is 6.92 Å².